The summed E-state index contributed by atoms with van der Waals surface area (Å²) in [7, 11) is 0. The van der Waals surface area contributed by atoms with Crippen LogP contribution in [0.25, 0.3) is 22.2 Å². The van der Waals surface area contributed by atoms with E-state index in [4.69, 9.17) is 4.74 Å². The van der Waals surface area contributed by atoms with Gasteiger partial charge in [-0.15, -0.1) is 0 Å². The molecule has 5 rings (SSSR count). The fourth-order valence-electron chi connectivity index (χ4n) is 3.97. The summed E-state index contributed by atoms with van der Waals surface area (Å²) in [5.74, 6) is -6.51. The predicted molar refractivity (Wildman–Crippen MR) is 119 cm³/mol. The summed E-state index contributed by atoms with van der Waals surface area (Å²) in [4.78, 5) is 38.5. The van der Waals surface area contributed by atoms with E-state index in [2.05, 4.69) is 25.0 Å². The lowest BCUT2D eigenvalue weighted by Gasteiger charge is -2.19. The third-order valence-electron chi connectivity index (χ3n) is 5.74. The lowest BCUT2D eigenvalue weighted by Crippen LogP contribution is -2.36. The number of nitrogens with one attached hydrogen (secondary N) is 2. The quantitative estimate of drug-likeness (QED) is 0.346. The molecule has 11 nitrogen and oxygen atoms in total. The lowest BCUT2D eigenvalue weighted by molar-refractivity contribution is -0.145. The fourth-order valence-corrected chi connectivity index (χ4v) is 3.97. The Morgan fingerprint density at radius 2 is 1.82 bits per heavy atom. The minimum atomic E-state index is -5.13. The Labute approximate surface area is 215 Å². The predicted octanol–water partition coefficient (Wildman–Crippen LogP) is 2.75. The van der Waals surface area contributed by atoms with Gasteiger partial charge in [0.1, 0.15) is 12.4 Å². The number of hydrogen-bond donors (Lipinski definition) is 2. The smallest absolute Gasteiger partial charge is 0.451 e. The first-order valence-electron chi connectivity index (χ1n) is 11.1. The number of H-pyrrole nitrogens is 2. The second-order valence-electron chi connectivity index (χ2n) is 8.67. The first-order valence-corrected chi connectivity index (χ1v) is 11.1. The molecule has 1 unspecified atom stereocenters. The lowest BCUT2D eigenvalue weighted by atomic mass is 10.2. The van der Waals surface area contributed by atoms with Crippen molar-refractivity contribution in [3.8, 4) is 17.1 Å². The van der Waals surface area contributed by atoms with E-state index in [0.29, 0.717) is 4.68 Å². The normalized spacial score (nSPS) is 17.5. The number of ether oxygens (including phenoxy) is 1. The third-order valence-corrected chi connectivity index (χ3v) is 5.74. The van der Waals surface area contributed by atoms with E-state index >= 15 is 0 Å². The molecule has 0 bridgehead atoms. The van der Waals surface area contributed by atoms with Gasteiger partial charge in [-0.1, -0.05) is 0 Å². The molecule has 0 spiro atoms. The molecular formula is C21H14F8N8O3. The first kappa shape index (κ1) is 27.0. The largest absolute Gasteiger partial charge is 0.466 e. The van der Waals surface area contributed by atoms with Gasteiger partial charge in [0.2, 0.25) is 11.7 Å². The highest BCUT2D eigenvalue weighted by Gasteiger charge is 2.51. The van der Waals surface area contributed by atoms with E-state index in [1.807, 2.05) is 4.98 Å². The van der Waals surface area contributed by atoms with Gasteiger partial charge in [0, 0.05) is 29.9 Å². The van der Waals surface area contributed by atoms with Gasteiger partial charge in [0.15, 0.2) is 6.10 Å². The van der Waals surface area contributed by atoms with Crippen molar-refractivity contribution >= 4 is 16.7 Å². The summed E-state index contributed by atoms with van der Waals surface area (Å²) in [6, 6.07) is 1.84. The van der Waals surface area contributed by atoms with E-state index in [-0.39, 0.29) is 10.9 Å². The molecule has 0 aromatic carbocycles. The number of fused-ring (bicyclic) bond motifs is 1. The average molecular weight is 578 g/mol. The second kappa shape index (κ2) is 9.26. The Hall–Kier alpha value is -4.58. The molecule has 4 aromatic heterocycles. The number of anilines is 1. The minimum Gasteiger partial charge on any atom is -0.466 e. The monoisotopic (exact) mass is 578 g/mol. The van der Waals surface area contributed by atoms with E-state index in [1.165, 1.54) is 0 Å². The van der Waals surface area contributed by atoms with Crippen molar-refractivity contribution in [1.82, 2.24) is 34.7 Å². The maximum Gasteiger partial charge on any atom is 0.451 e. The maximum absolute atomic E-state index is 14.9. The van der Waals surface area contributed by atoms with Gasteiger partial charge in [0.25, 0.3) is 5.56 Å². The van der Waals surface area contributed by atoms with Crippen LogP contribution in [-0.2, 0) is 12.7 Å². The molecule has 19 heteroatoms. The highest BCUT2D eigenvalue weighted by Crippen LogP contribution is 2.36. The van der Waals surface area contributed by atoms with Gasteiger partial charge in [-0.05, 0) is 0 Å². The van der Waals surface area contributed by atoms with Crippen LogP contribution in [0.15, 0.2) is 40.3 Å². The highest BCUT2D eigenvalue weighted by molar-refractivity contribution is 5.78. The van der Waals surface area contributed by atoms with Crippen LogP contribution in [0.4, 0.5) is 40.9 Å². The molecule has 0 saturated carbocycles. The summed E-state index contributed by atoms with van der Waals surface area (Å²) in [6.07, 6.45) is -8.76. The van der Waals surface area contributed by atoms with Crippen molar-refractivity contribution in [2.45, 2.75) is 30.9 Å². The van der Waals surface area contributed by atoms with Crippen LogP contribution in [0.2, 0.25) is 0 Å². The summed E-state index contributed by atoms with van der Waals surface area (Å²) < 4.78 is 115. The zero-order valence-electron chi connectivity index (χ0n) is 19.5. The van der Waals surface area contributed by atoms with Crippen LogP contribution in [0.5, 0.6) is 5.88 Å². The molecule has 5 heterocycles. The van der Waals surface area contributed by atoms with Crippen molar-refractivity contribution in [2.75, 3.05) is 18.0 Å². The number of pyridine rings is 1. The molecule has 0 amide bonds. The van der Waals surface area contributed by atoms with Gasteiger partial charge in [-0.2, -0.15) is 31.4 Å². The molecule has 212 valence electrons. The van der Waals surface area contributed by atoms with E-state index in [0.717, 1.165) is 35.6 Å². The molecule has 1 aliphatic heterocycles. The number of nitrogens with zero attached hydrogens (tertiary/aromatic N) is 6. The number of hydrogen-bond acceptors (Lipinski definition) is 8. The standard InChI is InChI=1S/C21H14F8N8O3/c22-19(23)7-36(6-13(19)40-15-2-12-9(3-30-15)4-32-37(12)8-20(24,25)26)14-1-11(33-17(34-14)21(27,28)29)10-5-31-18(39)35-16(10)38/h1-5,13H,6-8H2,(H2,31,35,38,39). The van der Waals surface area contributed by atoms with Crippen molar-refractivity contribution in [1.29, 1.82) is 0 Å². The molecule has 0 aliphatic carbocycles. The summed E-state index contributed by atoms with van der Waals surface area (Å²) >= 11 is 0. The minimum absolute atomic E-state index is 0.0955. The van der Waals surface area contributed by atoms with Crippen LogP contribution < -0.4 is 20.9 Å². The van der Waals surface area contributed by atoms with Crippen LogP contribution >= 0.6 is 0 Å². The zero-order chi connectivity index (χ0) is 29.0. The molecule has 1 saturated heterocycles. The van der Waals surface area contributed by atoms with Crippen LogP contribution in [-0.4, -0.2) is 66.0 Å². The Morgan fingerprint density at radius 3 is 2.50 bits per heavy atom. The van der Waals surface area contributed by atoms with Crippen molar-refractivity contribution in [2.24, 2.45) is 0 Å². The fraction of sp³-hybridized carbons (Fsp3) is 0.333. The van der Waals surface area contributed by atoms with Crippen molar-refractivity contribution in [3.05, 3.63) is 57.4 Å². The number of aromatic nitrogens is 7. The molecule has 1 aliphatic rings. The molecule has 1 fully saturated rings. The maximum atomic E-state index is 14.9. The number of halogens is 8. The van der Waals surface area contributed by atoms with Gasteiger partial charge in [-0.3, -0.25) is 14.5 Å². The molecule has 2 N–H and O–H groups in total. The molecular weight excluding hydrogens is 564 g/mol. The van der Waals surface area contributed by atoms with E-state index in [1.54, 1.807) is 0 Å². The SMILES string of the molecule is O=c1[nH]cc(-c2cc(N3CC(Oc4cc5c(cn4)cnn5CC(F)(F)F)C(F)(F)C3)nc(C(F)(F)F)n2)c(=O)[nH]1. The molecule has 40 heavy (non-hydrogen) atoms. The van der Waals surface area contributed by atoms with Crippen molar-refractivity contribution in [3.63, 3.8) is 0 Å². The molecule has 1 atom stereocenters. The van der Waals surface area contributed by atoms with Crippen molar-refractivity contribution < 1.29 is 39.9 Å². The van der Waals surface area contributed by atoms with Gasteiger partial charge in [-0.25, -0.2) is 28.5 Å². The first-order chi connectivity index (χ1) is 18.6. The topological polar surface area (TPSA) is 135 Å². The second-order valence-corrected chi connectivity index (χ2v) is 8.67. The van der Waals surface area contributed by atoms with Crippen LogP contribution in [0.3, 0.4) is 0 Å². The zero-order valence-corrected chi connectivity index (χ0v) is 19.5. The van der Waals surface area contributed by atoms with E-state index in [9.17, 15) is 44.7 Å². The highest BCUT2D eigenvalue weighted by atomic mass is 19.4. The third kappa shape index (κ3) is 5.43. The summed E-state index contributed by atoms with van der Waals surface area (Å²) in [5, 5.41) is 3.78. The van der Waals surface area contributed by atoms with E-state index < -0.39 is 84.0 Å². The summed E-state index contributed by atoms with van der Waals surface area (Å²) in [6.45, 7) is -3.34. The van der Waals surface area contributed by atoms with Crippen LogP contribution in [0.1, 0.15) is 5.82 Å². The summed E-state index contributed by atoms with van der Waals surface area (Å²) in [5.41, 5.74) is -3.21. The Balaban J connectivity index is 1.46. The number of rotatable bonds is 5. The van der Waals surface area contributed by atoms with Gasteiger partial charge in [0.05, 0.1) is 36.1 Å². The van der Waals surface area contributed by atoms with Crippen LogP contribution in [0, 0.1) is 0 Å². The van der Waals surface area contributed by atoms with Gasteiger partial charge < -0.3 is 14.6 Å². The average Bonchev–Trinajstić information content (AvgIpc) is 3.36. The Morgan fingerprint density at radius 1 is 1.07 bits per heavy atom. The Kier molecular flexibility index (Phi) is 6.25. The van der Waals surface area contributed by atoms with Gasteiger partial charge >= 0.3 is 24.0 Å². The number of alkyl halides is 8. The molecule has 4 aromatic rings. The number of aromatic amines is 2. The Bertz CT molecular complexity index is 1690. The molecule has 0 radical (unpaired) electrons.